The van der Waals surface area contributed by atoms with Gasteiger partial charge in [0, 0.05) is 35.2 Å². The van der Waals surface area contributed by atoms with Gasteiger partial charge in [0.15, 0.2) is 0 Å². The van der Waals surface area contributed by atoms with Crippen molar-refractivity contribution in [1.29, 1.82) is 0 Å². The number of aromatic nitrogens is 1. The monoisotopic (exact) mass is 395 g/mol. The van der Waals surface area contributed by atoms with E-state index in [4.69, 9.17) is 9.26 Å². The van der Waals surface area contributed by atoms with Gasteiger partial charge in [-0.15, -0.1) is 0 Å². The lowest BCUT2D eigenvalue weighted by Gasteiger charge is -2.23. The second-order valence-corrected chi connectivity index (χ2v) is 7.14. The molecule has 1 aliphatic rings. The van der Waals surface area contributed by atoms with Crippen molar-refractivity contribution in [3.63, 3.8) is 0 Å². The summed E-state index contributed by atoms with van der Waals surface area (Å²) >= 11 is 1.49. The average Bonchev–Trinajstić information content (AvgIpc) is 3.21. The minimum atomic E-state index is -0.385. The molecule has 0 atom stereocenters. The number of hydrogen-bond donors (Lipinski definition) is 1. The quantitative estimate of drug-likeness (QED) is 0.709. The van der Waals surface area contributed by atoms with Crippen LogP contribution in [0.5, 0.6) is 0 Å². The summed E-state index contributed by atoms with van der Waals surface area (Å²) in [6, 6.07) is 14.4. The lowest BCUT2D eigenvalue weighted by Crippen LogP contribution is -2.33. The van der Waals surface area contributed by atoms with Gasteiger partial charge in [-0.3, -0.25) is 9.59 Å². The van der Waals surface area contributed by atoms with Crippen LogP contribution in [0.2, 0.25) is 0 Å². The fourth-order valence-electron chi connectivity index (χ4n) is 2.93. The fraction of sp³-hybridized carbons (Fsp3) is 0.150. The van der Waals surface area contributed by atoms with Crippen LogP contribution in [0, 0.1) is 0 Å². The number of hydrogen-bond acceptors (Lipinski definition) is 6. The summed E-state index contributed by atoms with van der Waals surface area (Å²) in [5.74, 6) is -0.328. The molecule has 0 fully saturated rings. The third-order valence-electron chi connectivity index (χ3n) is 4.27. The number of fused-ring (bicyclic) bond motifs is 2. The highest BCUT2D eigenvalue weighted by molar-refractivity contribution is 7.99. The predicted octanol–water partition coefficient (Wildman–Crippen LogP) is 3.68. The molecule has 2 aromatic carbocycles. The Labute approximate surface area is 165 Å². The zero-order valence-electron chi connectivity index (χ0n) is 15.0. The molecule has 0 unspecified atom stereocenters. The average molecular weight is 395 g/mol. The van der Waals surface area contributed by atoms with Gasteiger partial charge in [-0.2, -0.15) is 0 Å². The first kappa shape index (κ1) is 18.3. The van der Waals surface area contributed by atoms with Gasteiger partial charge >= 0.3 is 0 Å². The Bertz CT molecular complexity index is 1020. The molecule has 0 aliphatic carbocycles. The van der Waals surface area contributed by atoms with E-state index in [2.05, 4.69) is 10.5 Å². The zero-order valence-corrected chi connectivity index (χ0v) is 15.9. The molecule has 3 aromatic rings. The van der Waals surface area contributed by atoms with E-state index >= 15 is 0 Å². The van der Waals surface area contributed by atoms with Gasteiger partial charge in [-0.1, -0.05) is 29.1 Å². The largest absolute Gasteiger partial charge is 0.383 e. The maximum absolute atomic E-state index is 13.1. The normalized spacial score (nSPS) is 12.9. The first-order valence-corrected chi connectivity index (χ1v) is 9.43. The number of rotatable bonds is 5. The summed E-state index contributed by atoms with van der Waals surface area (Å²) in [4.78, 5) is 28.8. The second-order valence-electron chi connectivity index (χ2n) is 6.06. The topological polar surface area (TPSA) is 84.7 Å². The van der Waals surface area contributed by atoms with Crippen molar-refractivity contribution in [2.75, 3.05) is 30.5 Å². The summed E-state index contributed by atoms with van der Waals surface area (Å²) in [5.41, 5.74) is 2.03. The van der Waals surface area contributed by atoms with E-state index < -0.39 is 0 Å². The minimum Gasteiger partial charge on any atom is -0.383 e. The molecular formula is C20H17N3O4S. The molecule has 0 spiro atoms. The molecule has 142 valence electrons. The number of amides is 2. The van der Waals surface area contributed by atoms with Crippen LogP contribution in [0.25, 0.3) is 0 Å². The van der Waals surface area contributed by atoms with Crippen LogP contribution in [-0.4, -0.2) is 37.2 Å². The van der Waals surface area contributed by atoms with Crippen LogP contribution >= 0.6 is 11.8 Å². The van der Waals surface area contributed by atoms with Crippen LogP contribution in [0.4, 0.5) is 11.4 Å². The predicted molar refractivity (Wildman–Crippen MR) is 105 cm³/mol. The molecule has 2 amide bonds. The highest BCUT2D eigenvalue weighted by atomic mass is 32.2. The summed E-state index contributed by atoms with van der Waals surface area (Å²) in [5, 5.41) is 6.34. The van der Waals surface area contributed by atoms with E-state index in [-0.39, 0.29) is 17.6 Å². The third kappa shape index (κ3) is 3.51. The Morgan fingerprint density at radius 3 is 2.86 bits per heavy atom. The molecule has 2 heterocycles. The number of methoxy groups -OCH3 is 1. The molecule has 1 aromatic heterocycles. The third-order valence-corrected chi connectivity index (χ3v) is 5.39. The van der Waals surface area contributed by atoms with Gasteiger partial charge in [0.2, 0.25) is 5.76 Å². The number of carbonyl (C=O) groups is 2. The van der Waals surface area contributed by atoms with E-state index in [0.717, 1.165) is 15.5 Å². The van der Waals surface area contributed by atoms with E-state index in [1.165, 1.54) is 24.0 Å². The van der Waals surface area contributed by atoms with Crippen LogP contribution in [0.15, 0.2) is 69.0 Å². The fourth-order valence-corrected chi connectivity index (χ4v) is 4.05. The van der Waals surface area contributed by atoms with Gasteiger partial charge in [0.05, 0.1) is 24.1 Å². The summed E-state index contributed by atoms with van der Waals surface area (Å²) in [7, 11) is 1.61. The molecule has 0 radical (unpaired) electrons. The molecule has 0 saturated carbocycles. The number of carbonyl (C=O) groups excluding carboxylic acids is 2. The van der Waals surface area contributed by atoms with Crippen LogP contribution in [-0.2, 0) is 4.74 Å². The number of nitrogens with one attached hydrogen (secondary N) is 1. The Morgan fingerprint density at radius 2 is 2.07 bits per heavy atom. The molecule has 1 N–H and O–H groups in total. The molecule has 0 saturated heterocycles. The highest BCUT2D eigenvalue weighted by Gasteiger charge is 2.27. The zero-order chi connectivity index (χ0) is 19.5. The first-order valence-electron chi connectivity index (χ1n) is 8.61. The van der Waals surface area contributed by atoms with Crippen molar-refractivity contribution in [3.8, 4) is 0 Å². The van der Waals surface area contributed by atoms with Crippen molar-refractivity contribution in [2.24, 2.45) is 0 Å². The molecule has 8 heteroatoms. The number of benzene rings is 2. The SMILES string of the molecule is COCCN1C(=O)c2ccccc2Sc2cc(NC(=O)c3ccno3)ccc21. The van der Waals surface area contributed by atoms with Crippen molar-refractivity contribution >= 4 is 35.0 Å². The molecular weight excluding hydrogens is 378 g/mol. The van der Waals surface area contributed by atoms with Gasteiger partial charge in [0.25, 0.3) is 11.8 Å². The summed E-state index contributed by atoms with van der Waals surface area (Å²) in [6.07, 6.45) is 1.41. The second kappa shape index (κ2) is 7.87. The Morgan fingerprint density at radius 1 is 1.21 bits per heavy atom. The summed E-state index contributed by atoms with van der Waals surface area (Å²) < 4.78 is 10.1. The van der Waals surface area contributed by atoms with Gasteiger partial charge in [-0.25, -0.2) is 0 Å². The standard InChI is InChI=1S/C20H17N3O4S/c1-26-11-10-23-15-7-6-13(22-19(24)16-8-9-21-27-16)12-18(15)28-17-5-3-2-4-14(17)20(23)25/h2-9,12H,10-11H2,1H3,(H,22,24). The van der Waals surface area contributed by atoms with E-state index in [1.54, 1.807) is 18.1 Å². The van der Waals surface area contributed by atoms with Gasteiger partial charge in [-0.05, 0) is 30.3 Å². The lowest BCUT2D eigenvalue weighted by molar-refractivity contribution is 0.0970. The van der Waals surface area contributed by atoms with E-state index in [0.29, 0.717) is 24.4 Å². The number of anilines is 2. The Hall–Kier alpha value is -3.10. The van der Waals surface area contributed by atoms with E-state index in [1.807, 2.05) is 36.4 Å². The van der Waals surface area contributed by atoms with Crippen LogP contribution in [0.1, 0.15) is 20.9 Å². The molecule has 0 bridgehead atoms. The lowest BCUT2D eigenvalue weighted by atomic mass is 10.1. The minimum absolute atomic E-state index is 0.0719. The van der Waals surface area contributed by atoms with Gasteiger partial charge < -0.3 is 19.5 Å². The maximum atomic E-state index is 13.1. The number of nitrogens with zero attached hydrogens (tertiary/aromatic N) is 2. The Balaban J connectivity index is 1.71. The van der Waals surface area contributed by atoms with Crippen LogP contribution < -0.4 is 10.2 Å². The molecule has 4 rings (SSSR count). The summed E-state index contributed by atoms with van der Waals surface area (Å²) in [6.45, 7) is 0.850. The van der Waals surface area contributed by atoms with Crippen LogP contribution in [0.3, 0.4) is 0 Å². The van der Waals surface area contributed by atoms with Crippen molar-refractivity contribution in [1.82, 2.24) is 5.16 Å². The Kier molecular flexibility index (Phi) is 5.14. The molecule has 1 aliphatic heterocycles. The van der Waals surface area contributed by atoms with Gasteiger partial charge in [0.1, 0.15) is 0 Å². The number of ether oxygens (including phenoxy) is 1. The maximum Gasteiger partial charge on any atom is 0.294 e. The van der Waals surface area contributed by atoms with Crippen molar-refractivity contribution < 1.29 is 18.8 Å². The van der Waals surface area contributed by atoms with Crippen molar-refractivity contribution in [3.05, 3.63) is 66.1 Å². The van der Waals surface area contributed by atoms with E-state index in [9.17, 15) is 9.59 Å². The molecule has 7 nitrogen and oxygen atoms in total. The first-order chi connectivity index (χ1) is 13.7. The molecule has 28 heavy (non-hydrogen) atoms. The smallest absolute Gasteiger partial charge is 0.294 e. The highest BCUT2D eigenvalue weighted by Crippen LogP contribution is 2.42. The van der Waals surface area contributed by atoms with Crippen molar-refractivity contribution in [2.45, 2.75) is 9.79 Å².